The zero-order chi connectivity index (χ0) is 30.1. The molecule has 0 N–H and O–H groups in total. The van der Waals surface area contributed by atoms with Crippen molar-refractivity contribution in [3.63, 3.8) is 0 Å². The zero-order valence-corrected chi connectivity index (χ0v) is 25.3. The van der Waals surface area contributed by atoms with E-state index < -0.39 is 0 Å². The SMILES string of the molecule is CC1(C)c2ccccc2-c2cccc(N(c3ccccc3-c3cccc4c3oc3ccccc34)c3cccc4ccccc34)c21. The maximum Gasteiger partial charge on any atom is 0.143 e. The molecule has 45 heavy (non-hydrogen) atoms. The molecule has 1 heterocycles. The average Bonchev–Trinajstić information content (AvgIpc) is 3.58. The Bertz CT molecular complexity index is 2420. The van der Waals surface area contributed by atoms with E-state index in [1.165, 1.54) is 38.7 Å². The molecule has 2 nitrogen and oxygen atoms in total. The van der Waals surface area contributed by atoms with E-state index in [2.05, 4.69) is 164 Å². The van der Waals surface area contributed by atoms with Crippen LogP contribution < -0.4 is 4.90 Å². The Morgan fingerprint density at radius 3 is 1.93 bits per heavy atom. The van der Waals surface area contributed by atoms with E-state index in [-0.39, 0.29) is 5.41 Å². The average molecular weight is 578 g/mol. The fourth-order valence-electron chi connectivity index (χ4n) is 7.65. The smallest absolute Gasteiger partial charge is 0.143 e. The van der Waals surface area contributed by atoms with Gasteiger partial charge in [-0.05, 0) is 51.9 Å². The van der Waals surface area contributed by atoms with E-state index in [9.17, 15) is 0 Å². The lowest BCUT2D eigenvalue weighted by Gasteiger charge is -2.34. The molecule has 0 saturated heterocycles. The molecule has 1 aromatic heterocycles. The lowest BCUT2D eigenvalue weighted by Crippen LogP contribution is -2.21. The lowest BCUT2D eigenvalue weighted by atomic mass is 9.81. The fourth-order valence-corrected chi connectivity index (χ4v) is 7.65. The van der Waals surface area contributed by atoms with Crippen molar-refractivity contribution >= 4 is 49.8 Å². The van der Waals surface area contributed by atoms with Crippen molar-refractivity contribution < 1.29 is 4.42 Å². The first kappa shape index (κ1) is 25.9. The van der Waals surface area contributed by atoms with Crippen molar-refractivity contribution in [2.24, 2.45) is 0 Å². The molecule has 2 heteroatoms. The monoisotopic (exact) mass is 577 g/mol. The predicted octanol–water partition coefficient (Wildman–Crippen LogP) is 12.2. The Kier molecular flexibility index (Phi) is 5.58. The van der Waals surface area contributed by atoms with Crippen LogP contribution in [0.5, 0.6) is 0 Å². The van der Waals surface area contributed by atoms with Crippen LogP contribution in [-0.4, -0.2) is 0 Å². The van der Waals surface area contributed by atoms with Crippen LogP contribution in [0, 0.1) is 0 Å². The maximum atomic E-state index is 6.59. The molecular formula is C43H31NO. The van der Waals surface area contributed by atoms with E-state index in [0.717, 1.165) is 44.4 Å². The van der Waals surface area contributed by atoms with Crippen molar-refractivity contribution in [2.75, 3.05) is 4.90 Å². The van der Waals surface area contributed by atoms with Gasteiger partial charge in [0.05, 0.1) is 17.1 Å². The highest BCUT2D eigenvalue weighted by molar-refractivity contribution is 6.11. The van der Waals surface area contributed by atoms with Crippen LogP contribution in [0.3, 0.4) is 0 Å². The minimum Gasteiger partial charge on any atom is -0.455 e. The highest BCUT2D eigenvalue weighted by Gasteiger charge is 2.39. The number of rotatable bonds is 4. The summed E-state index contributed by atoms with van der Waals surface area (Å²) in [7, 11) is 0. The Labute approximate surface area is 262 Å². The number of hydrogen-bond acceptors (Lipinski definition) is 2. The van der Waals surface area contributed by atoms with Crippen LogP contribution in [0.15, 0.2) is 156 Å². The number of hydrogen-bond donors (Lipinski definition) is 0. The molecule has 0 saturated carbocycles. The molecule has 0 bridgehead atoms. The van der Waals surface area contributed by atoms with Gasteiger partial charge in [-0.1, -0.05) is 141 Å². The number of fused-ring (bicyclic) bond motifs is 7. The van der Waals surface area contributed by atoms with Crippen molar-refractivity contribution in [1.29, 1.82) is 0 Å². The van der Waals surface area contributed by atoms with Gasteiger partial charge in [0.1, 0.15) is 11.2 Å². The van der Waals surface area contributed by atoms with Gasteiger partial charge in [-0.3, -0.25) is 0 Å². The third-order valence-corrected chi connectivity index (χ3v) is 9.65. The summed E-state index contributed by atoms with van der Waals surface area (Å²) in [6.45, 7) is 4.73. The van der Waals surface area contributed by atoms with Crippen LogP contribution in [0.25, 0.3) is 55.0 Å². The van der Waals surface area contributed by atoms with E-state index >= 15 is 0 Å². The zero-order valence-electron chi connectivity index (χ0n) is 25.3. The van der Waals surface area contributed by atoms with E-state index in [1.54, 1.807) is 0 Å². The minimum atomic E-state index is -0.182. The fraction of sp³-hybridized carbons (Fsp3) is 0.0698. The van der Waals surface area contributed by atoms with Crippen molar-refractivity contribution in [1.82, 2.24) is 0 Å². The van der Waals surface area contributed by atoms with Gasteiger partial charge in [0.15, 0.2) is 0 Å². The maximum absolute atomic E-state index is 6.59. The summed E-state index contributed by atoms with van der Waals surface area (Å²) in [6.07, 6.45) is 0. The second-order valence-corrected chi connectivity index (χ2v) is 12.5. The Balaban J connectivity index is 1.38. The Morgan fingerprint density at radius 1 is 0.444 bits per heavy atom. The number of furan rings is 1. The standard InChI is InChI=1S/C43H31NO/c1-43(2)36-23-8-5-17-30(36)33-20-13-26-39(41(33)43)44(37-25-11-15-28-14-3-4-16-29(28)37)38-24-9-6-18-31(38)34-21-12-22-35-32-19-7-10-27-40(32)45-42(34)35/h3-27H,1-2H3. The highest BCUT2D eigenvalue weighted by atomic mass is 16.3. The largest absolute Gasteiger partial charge is 0.455 e. The third-order valence-electron chi connectivity index (χ3n) is 9.65. The predicted molar refractivity (Wildman–Crippen MR) is 189 cm³/mol. The van der Waals surface area contributed by atoms with Crippen LogP contribution >= 0.6 is 0 Å². The summed E-state index contributed by atoms with van der Waals surface area (Å²) in [4.78, 5) is 2.49. The molecule has 0 spiro atoms. The first-order valence-corrected chi connectivity index (χ1v) is 15.6. The summed E-state index contributed by atoms with van der Waals surface area (Å²) in [5, 5.41) is 4.69. The van der Waals surface area contributed by atoms with E-state index in [0.29, 0.717) is 0 Å². The lowest BCUT2D eigenvalue weighted by molar-refractivity contribution is 0.661. The number of benzene rings is 7. The summed E-state index contributed by atoms with van der Waals surface area (Å²) in [6, 6.07) is 54.6. The molecular weight excluding hydrogens is 546 g/mol. The molecule has 0 aliphatic heterocycles. The van der Waals surface area contributed by atoms with Crippen LogP contribution in [-0.2, 0) is 5.41 Å². The van der Waals surface area contributed by atoms with Gasteiger partial charge in [-0.15, -0.1) is 0 Å². The van der Waals surface area contributed by atoms with Gasteiger partial charge in [0.2, 0.25) is 0 Å². The first-order valence-electron chi connectivity index (χ1n) is 15.6. The molecule has 1 aliphatic carbocycles. The Hall–Kier alpha value is -5.60. The normalized spacial score (nSPS) is 13.3. The minimum absolute atomic E-state index is 0.182. The summed E-state index contributed by atoms with van der Waals surface area (Å²) < 4.78 is 6.59. The molecule has 0 amide bonds. The molecule has 1 aliphatic rings. The van der Waals surface area contributed by atoms with Gasteiger partial charge in [-0.2, -0.15) is 0 Å². The van der Waals surface area contributed by atoms with Crippen LogP contribution in [0.1, 0.15) is 25.0 Å². The molecule has 0 fully saturated rings. The Morgan fingerprint density at radius 2 is 1.02 bits per heavy atom. The number of anilines is 3. The van der Waals surface area contributed by atoms with Gasteiger partial charge >= 0.3 is 0 Å². The second-order valence-electron chi connectivity index (χ2n) is 12.5. The van der Waals surface area contributed by atoms with Crippen molar-refractivity contribution in [3.8, 4) is 22.3 Å². The molecule has 0 radical (unpaired) electrons. The third kappa shape index (κ3) is 3.76. The van der Waals surface area contributed by atoms with Crippen LogP contribution in [0.2, 0.25) is 0 Å². The van der Waals surface area contributed by atoms with E-state index in [4.69, 9.17) is 4.42 Å². The molecule has 0 unspecified atom stereocenters. The molecule has 0 atom stereocenters. The topological polar surface area (TPSA) is 16.4 Å². The quantitative estimate of drug-likeness (QED) is 0.207. The number of nitrogens with zero attached hydrogens (tertiary/aromatic N) is 1. The number of para-hydroxylation sites is 3. The van der Waals surface area contributed by atoms with Crippen LogP contribution in [0.4, 0.5) is 17.1 Å². The molecule has 7 aromatic carbocycles. The highest BCUT2D eigenvalue weighted by Crippen LogP contribution is 2.55. The van der Waals surface area contributed by atoms with E-state index in [1.807, 2.05) is 6.07 Å². The first-order chi connectivity index (χ1) is 22.1. The second kappa shape index (κ2) is 9.70. The summed E-state index contributed by atoms with van der Waals surface area (Å²) in [5.74, 6) is 0. The van der Waals surface area contributed by atoms with Crippen molar-refractivity contribution in [2.45, 2.75) is 19.3 Å². The summed E-state index contributed by atoms with van der Waals surface area (Å²) >= 11 is 0. The van der Waals surface area contributed by atoms with Crippen molar-refractivity contribution in [3.05, 3.63) is 163 Å². The summed E-state index contributed by atoms with van der Waals surface area (Å²) in [5.41, 5.74) is 12.6. The molecule has 8 aromatic rings. The van der Waals surface area contributed by atoms with Gasteiger partial charge in [0.25, 0.3) is 0 Å². The molecule has 9 rings (SSSR count). The molecule has 214 valence electrons. The van der Waals surface area contributed by atoms with Gasteiger partial charge < -0.3 is 9.32 Å². The van der Waals surface area contributed by atoms with Gasteiger partial charge in [-0.25, -0.2) is 0 Å². The van der Waals surface area contributed by atoms with Gasteiger partial charge in [0, 0.05) is 32.7 Å².